The number of fused-ring (bicyclic) bond motifs is 1. The number of thiazole rings is 1. The van der Waals surface area contributed by atoms with Gasteiger partial charge >= 0.3 is 11.4 Å². The first-order valence-electron chi connectivity index (χ1n) is 9.36. The van der Waals surface area contributed by atoms with Crippen LogP contribution in [-0.2, 0) is 17.9 Å². The van der Waals surface area contributed by atoms with Crippen LogP contribution in [0, 0.1) is 6.92 Å². The molecule has 160 valence electrons. The smallest absolute Gasteiger partial charge is 0.303 e. The zero-order chi connectivity index (χ0) is 22.0. The number of aromatic amines is 1. The second-order valence-electron chi connectivity index (χ2n) is 6.77. The van der Waals surface area contributed by atoms with Crippen molar-refractivity contribution >= 4 is 38.8 Å². The van der Waals surface area contributed by atoms with Crippen LogP contribution in [0.4, 0.5) is 5.69 Å². The molecule has 2 aromatic heterocycles. The number of nitrogens with one attached hydrogen (secondary N) is 1. The number of hydrogen-bond acceptors (Lipinski definition) is 7. The molecule has 0 bridgehead atoms. The molecule has 31 heavy (non-hydrogen) atoms. The van der Waals surface area contributed by atoms with E-state index in [0.717, 1.165) is 25.4 Å². The number of aromatic nitrogens is 4. The van der Waals surface area contributed by atoms with Crippen molar-refractivity contribution in [2.24, 2.45) is 10.9 Å². The van der Waals surface area contributed by atoms with Crippen LogP contribution in [0.5, 0.6) is 0 Å². The largest absolute Gasteiger partial charge is 0.335 e. The van der Waals surface area contributed by atoms with Crippen LogP contribution in [-0.4, -0.2) is 25.7 Å². The van der Waals surface area contributed by atoms with E-state index in [1.54, 1.807) is 29.5 Å². The van der Waals surface area contributed by atoms with Crippen LogP contribution in [0.25, 0.3) is 10.2 Å². The maximum Gasteiger partial charge on any atom is 0.335 e. The van der Waals surface area contributed by atoms with Gasteiger partial charge in [-0.3, -0.25) is 9.55 Å². The molecular formula is C20H19ClN6O3S. The zero-order valence-corrected chi connectivity index (χ0v) is 18.1. The summed E-state index contributed by atoms with van der Waals surface area (Å²) in [6.07, 6.45) is 0. The van der Waals surface area contributed by atoms with Gasteiger partial charge in [0, 0.05) is 5.02 Å². The number of nitrogens with two attached hydrogens (primary N) is 1. The van der Waals surface area contributed by atoms with E-state index < -0.39 is 11.4 Å². The molecule has 3 N–H and O–H groups in total. The van der Waals surface area contributed by atoms with E-state index in [0.29, 0.717) is 10.7 Å². The average molecular weight is 459 g/mol. The van der Waals surface area contributed by atoms with Crippen LogP contribution in [0.1, 0.15) is 10.6 Å². The summed E-state index contributed by atoms with van der Waals surface area (Å²) >= 11 is 7.52. The maximum absolute atomic E-state index is 13.1. The highest BCUT2D eigenvalue weighted by Gasteiger charge is 2.10. The van der Waals surface area contributed by atoms with Gasteiger partial charge < -0.3 is 4.84 Å². The Hall–Kier alpha value is -3.05. The van der Waals surface area contributed by atoms with Crippen LogP contribution in [0.15, 0.2) is 57.0 Å². The molecule has 0 fully saturated rings. The van der Waals surface area contributed by atoms with E-state index in [2.05, 4.69) is 19.8 Å². The van der Waals surface area contributed by atoms with Gasteiger partial charge in [-0.15, -0.1) is 11.3 Å². The third kappa shape index (κ3) is 4.67. The van der Waals surface area contributed by atoms with Gasteiger partial charge in [-0.25, -0.2) is 30.0 Å². The Morgan fingerprint density at radius 3 is 2.71 bits per heavy atom. The topological polar surface area (TPSA) is 120 Å². The molecule has 11 heteroatoms. The standard InChI is InChI=1S/C20H19ClN6O3S/c1-12-23-16-7-6-15(10-17(16)31-12)24-18-25-19(28)26(8-9-30-22)20(29)27(18)11-13-2-4-14(21)5-3-13/h2-7,10H,8-9,11,22H2,1H3,(H,24,25,28). The van der Waals surface area contributed by atoms with Crippen LogP contribution < -0.4 is 22.9 Å². The molecule has 0 saturated heterocycles. The van der Waals surface area contributed by atoms with Crippen LogP contribution in [0.2, 0.25) is 5.02 Å². The Morgan fingerprint density at radius 1 is 1.19 bits per heavy atom. The zero-order valence-electron chi connectivity index (χ0n) is 16.5. The number of H-pyrrole nitrogens is 1. The maximum atomic E-state index is 13.1. The highest BCUT2D eigenvalue weighted by molar-refractivity contribution is 7.18. The van der Waals surface area contributed by atoms with Crippen molar-refractivity contribution < 1.29 is 4.84 Å². The number of hydrogen-bond donors (Lipinski definition) is 2. The summed E-state index contributed by atoms with van der Waals surface area (Å²) in [5.74, 6) is 5.06. The van der Waals surface area contributed by atoms with Gasteiger partial charge in [0.1, 0.15) is 0 Å². The molecule has 0 atom stereocenters. The normalized spacial score (nSPS) is 12.0. The summed E-state index contributed by atoms with van der Waals surface area (Å²) in [7, 11) is 0. The number of benzene rings is 2. The quantitative estimate of drug-likeness (QED) is 0.428. The van der Waals surface area contributed by atoms with Gasteiger partial charge in [0.2, 0.25) is 5.62 Å². The van der Waals surface area contributed by atoms with Gasteiger partial charge in [-0.05, 0) is 42.8 Å². The predicted octanol–water partition coefficient (Wildman–Crippen LogP) is 2.08. The average Bonchev–Trinajstić information content (AvgIpc) is 3.11. The first kappa shape index (κ1) is 21.2. The highest BCUT2D eigenvalue weighted by atomic mass is 35.5. The summed E-state index contributed by atoms with van der Waals surface area (Å²) in [4.78, 5) is 41.9. The van der Waals surface area contributed by atoms with Crippen molar-refractivity contribution in [1.29, 1.82) is 0 Å². The molecule has 0 saturated carbocycles. The van der Waals surface area contributed by atoms with E-state index in [9.17, 15) is 9.59 Å². The fourth-order valence-electron chi connectivity index (χ4n) is 3.12. The lowest BCUT2D eigenvalue weighted by atomic mass is 10.2. The van der Waals surface area contributed by atoms with E-state index in [1.807, 2.05) is 31.2 Å². The van der Waals surface area contributed by atoms with Gasteiger partial charge in [-0.1, -0.05) is 23.7 Å². The number of aryl methyl sites for hydroxylation is 1. The van der Waals surface area contributed by atoms with Gasteiger partial charge in [0.25, 0.3) is 0 Å². The van der Waals surface area contributed by atoms with E-state index in [4.69, 9.17) is 17.5 Å². The molecule has 4 rings (SSSR count). The number of nitrogens with zero attached hydrogens (tertiary/aromatic N) is 4. The fraction of sp³-hybridized carbons (Fsp3) is 0.200. The van der Waals surface area contributed by atoms with Gasteiger partial charge in [0.05, 0.1) is 40.6 Å². The molecule has 0 unspecified atom stereocenters. The Kier molecular flexibility index (Phi) is 6.14. The predicted molar refractivity (Wildman–Crippen MR) is 120 cm³/mol. The molecule has 0 aliphatic rings. The first-order chi connectivity index (χ1) is 14.9. The summed E-state index contributed by atoms with van der Waals surface area (Å²) in [6, 6.07) is 12.6. The molecular weight excluding hydrogens is 440 g/mol. The van der Waals surface area contributed by atoms with Crippen molar-refractivity contribution in [3.63, 3.8) is 0 Å². The van der Waals surface area contributed by atoms with Gasteiger partial charge in [0.15, 0.2) is 0 Å². The second-order valence-corrected chi connectivity index (χ2v) is 8.44. The van der Waals surface area contributed by atoms with E-state index in [-0.39, 0.29) is 25.3 Å². The first-order valence-corrected chi connectivity index (χ1v) is 10.6. The van der Waals surface area contributed by atoms with Crippen molar-refractivity contribution in [1.82, 2.24) is 19.1 Å². The molecule has 4 aromatic rings. The molecule has 2 heterocycles. The van der Waals surface area contributed by atoms with Crippen molar-refractivity contribution in [2.75, 3.05) is 6.61 Å². The Morgan fingerprint density at radius 2 is 1.97 bits per heavy atom. The lowest BCUT2D eigenvalue weighted by Crippen LogP contribution is -2.50. The summed E-state index contributed by atoms with van der Waals surface area (Å²) in [6.45, 7) is 2.15. The SMILES string of the molecule is Cc1nc2ccc(/N=c3\[nH]c(=O)n(CCON)c(=O)n3Cc3ccc(Cl)cc3)cc2s1. The summed E-state index contributed by atoms with van der Waals surface area (Å²) in [5, 5.41) is 1.54. The van der Waals surface area contributed by atoms with Crippen LogP contribution >= 0.6 is 22.9 Å². The minimum atomic E-state index is -0.595. The van der Waals surface area contributed by atoms with Crippen LogP contribution in [0.3, 0.4) is 0 Å². The van der Waals surface area contributed by atoms with E-state index in [1.165, 1.54) is 4.57 Å². The van der Waals surface area contributed by atoms with Crippen molar-refractivity contribution in [3.8, 4) is 0 Å². The molecule has 9 nitrogen and oxygen atoms in total. The monoisotopic (exact) mass is 458 g/mol. The molecule has 0 amide bonds. The Bertz CT molecular complexity index is 1420. The molecule has 0 aliphatic carbocycles. The van der Waals surface area contributed by atoms with Crippen molar-refractivity contribution in [3.05, 3.63) is 84.6 Å². The number of halogens is 1. The molecule has 2 aromatic carbocycles. The lowest BCUT2D eigenvalue weighted by Gasteiger charge is -2.11. The minimum Gasteiger partial charge on any atom is -0.303 e. The minimum absolute atomic E-state index is 0.0116. The molecule has 0 radical (unpaired) electrons. The summed E-state index contributed by atoms with van der Waals surface area (Å²) in [5.41, 5.74) is 1.31. The molecule has 0 aliphatic heterocycles. The third-order valence-corrected chi connectivity index (χ3v) is 5.77. The van der Waals surface area contributed by atoms with Crippen molar-refractivity contribution in [2.45, 2.75) is 20.0 Å². The fourth-order valence-corrected chi connectivity index (χ4v) is 4.10. The van der Waals surface area contributed by atoms with Gasteiger partial charge in [-0.2, -0.15) is 0 Å². The highest BCUT2D eigenvalue weighted by Crippen LogP contribution is 2.25. The summed E-state index contributed by atoms with van der Waals surface area (Å²) < 4.78 is 3.39. The Balaban J connectivity index is 1.88. The molecule has 0 spiro atoms. The second kappa shape index (κ2) is 8.98. The lowest BCUT2D eigenvalue weighted by molar-refractivity contribution is 0.127. The van der Waals surface area contributed by atoms with E-state index >= 15 is 0 Å². The Labute approximate surface area is 185 Å². The third-order valence-electron chi connectivity index (χ3n) is 4.58. The number of rotatable bonds is 6.